The molecule has 1 N–H and O–H groups in total. The highest BCUT2D eigenvalue weighted by Crippen LogP contribution is 2.39. The van der Waals surface area contributed by atoms with Crippen LogP contribution in [0.25, 0.3) is 0 Å². The number of aryl methyl sites for hydroxylation is 1. The number of amides is 1. The first-order valence-electron chi connectivity index (χ1n) is 9.96. The predicted octanol–water partition coefficient (Wildman–Crippen LogP) is 3.52. The third kappa shape index (κ3) is 4.41. The molecule has 0 bridgehead atoms. The minimum Gasteiger partial charge on any atom is -0.454 e. The quantitative estimate of drug-likeness (QED) is 0.579. The Bertz CT molecular complexity index is 915. The average Bonchev–Trinajstić information content (AvgIpc) is 3.40. The molecule has 1 aromatic heterocycles. The van der Waals surface area contributed by atoms with Crippen molar-refractivity contribution in [1.29, 1.82) is 0 Å². The summed E-state index contributed by atoms with van der Waals surface area (Å²) >= 11 is 1.45. The SMILES string of the molecule is O=C(COC(=O)[C@@H]1CCCO1)Nc1sc2c(c1C(=O)c1ccccc1)CCCC2. The van der Waals surface area contributed by atoms with Gasteiger partial charge < -0.3 is 14.8 Å². The van der Waals surface area contributed by atoms with Crippen LogP contribution < -0.4 is 5.32 Å². The number of carbonyl (C=O) groups is 3. The van der Waals surface area contributed by atoms with Gasteiger partial charge in [-0.05, 0) is 44.1 Å². The van der Waals surface area contributed by atoms with Crippen LogP contribution in [0.5, 0.6) is 0 Å². The predicted molar refractivity (Wildman–Crippen MR) is 109 cm³/mol. The lowest BCUT2D eigenvalue weighted by Gasteiger charge is -2.13. The largest absolute Gasteiger partial charge is 0.454 e. The molecule has 6 nitrogen and oxygen atoms in total. The number of ketones is 1. The zero-order valence-electron chi connectivity index (χ0n) is 16.1. The van der Waals surface area contributed by atoms with E-state index in [2.05, 4.69) is 5.32 Å². The van der Waals surface area contributed by atoms with Crippen LogP contribution in [0.4, 0.5) is 5.00 Å². The Morgan fingerprint density at radius 3 is 2.66 bits per heavy atom. The molecule has 0 radical (unpaired) electrons. The van der Waals surface area contributed by atoms with Crippen molar-refractivity contribution in [3.63, 3.8) is 0 Å². The fourth-order valence-electron chi connectivity index (χ4n) is 3.78. The van der Waals surface area contributed by atoms with Gasteiger partial charge in [-0.3, -0.25) is 9.59 Å². The van der Waals surface area contributed by atoms with Gasteiger partial charge in [0.1, 0.15) is 5.00 Å². The number of benzene rings is 1. The minimum absolute atomic E-state index is 0.0864. The molecule has 1 aliphatic carbocycles. The van der Waals surface area contributed by atoms with Gasteiger partial charge in [0.25, 0.3) is 5.91 Å². The van der Waals surface area contributed by atoms with Gasteiger partial charge in [-0.25, -0.2) is 4.79 Å². The summed E-state index contributed by atoms with van der Waals surface area (Å²) in [7, 11) is 0. The standard InChI is InChI=1S/C22H23NO5S/c24-18(13-28-22(26)16-10-6-12-27-16)23-21-19(15-9-4-5-11-17(15)29-21)20(25)14-7-2-1-3-8-14/h1-3,7-8,16H,4-6,9-13H2,(H,23,24)/t16-/m0/s1. The first kappa shape index (κ1) is 19.8. The van der Waals surface area contributed by atoms with E-state index in [-0.39, 0.29) is 12.4 Å². The van der Waals surface area contributed by atoms with Crippen LogP contribution in [-0.2, 0) is 31.9 Å². The van der Waals surface area contributed by atoms with Gasteiger partial charge in [0, 0.05) is 17.0 Å². The second-order valence-corrected chi connectivity index (χ2v) is 8.37. The summed E-state index contributed by atoms with van der Waals surface area (Å²) in [6, 6.07) is 9.09. The molecule has 0 unspecified atom stereocenters. The Hall–Kier alpha value is -2.51. The fourth-order valence-corrected chi connectivity index (χ4v) is 5.09. The molecule has 2 aliphatic rings. The summed E-state index contributed by atoms with van der Waals surface area (Å²) in [5, 5.41) is 3.35. The molecule has 152 valence electrons. The van der Waals surface area contributed by atoms with Crippen molar-refractivity contribution >= 4 is 34.0 Å². The smallest absolute Gasteiger partial charge is 0.335 e. The van der Waals surface area contributed by atoms with Crippen LogP contribution in [0.15, 0.2) is 30.3 Å². The summed E-state index contributed by atoms with van der Waals surface area (Å²) in [4.78, 5) is 38.7. The molecule has 1 aliphatic heterocycles. The molecule has 2 heterocycles. The zero-order valence-corrected chi connectivity index (χ0v) is 16.9. The van der Waals surface area contributed by atoms with Gasteiger partial charge in [-0.1, -0.05) is 30.3 Å². The molecule has 29 heavy (non-hydrogen) atoms. The lowest BCUT2D eigenvalue weighted by atomic mass is 9.92. The number of fused-ring (bicyclic) bond motifs is 1. The summed E-state index contributed by atoms with van der Waals surface area (Å²) in [6.45, 7) is 0.151. The van der Waals surface area contributed by atoms with Crippen molar-refractivity contribution in [3.05, 3.63) is 51.9 Å². The Kier molecular flexibility index (Phi) is 6.06. The molecule has 7 heteroatoms. The number of anilines is 1. The summed E-state index contributed by atoms with van der Waals surface area (Å²) in [6.07, 6.45) is 4.73. The van der Waals surface area contributed by atoms with Gasteiger partial charge in [0.2, 0.25) is 0 Å². The highest BCUT2D eigenvalue weighted by atomic mass is 32.1. The summed E-state index contributed by atoms with van der Waals surface area (Å²) in [5.74, 6) is -1.04. The third-order valence-corrected chi connectivity index (χ3v) is 6.43. The van der Waals surface area contributed by atoms with E-state index in [9.17, 15) is 14.4 Å². The normalized spacial score (nSPS) is 18.1. The number of ether oxygens (including phenoxy) is 2. The van der Waals surface area contributed by atoms with E-state index in [0.29, 0.717) is 29.2 Å². The van der Waals surface area contributed by atoms with Crippen LogP contribution in [0.3, 0.4) is 0 Å². The second-order valence-electron chi connectivity index (χ2n) is 7.27. The van der Waals surface area contributed by atoms with Crippen molar-refractivity contribution in [3.8, 4) is 0 Å². The first-order chi connectivity index (χ1) is 14.1. The van der Waals surface area contributed by atoms with Crippen molar-refractivity contribution < 1.29 is 23.9 Å². The molecule has 1 amide bonds. The van der Waals surface area contributed by atoms with Crippen LogP contribution in [0, 0.1) is 0 Å². The third-order valence-electron chi connectivity index (χ3n) is 5.23. The van der Waals surface area contributed by atoms with Gasteiger partial charge in [-0.15, -0.1) is 11.3 Å². The van der Waals surface area contributed by atoms with Gasteiger partial charge in [0.05, 0.1) is 5.56 Å². The number of hydrogen-bond acceptors (Lipinski definition) is 6. The highest BCUT2D eigenvalue weighted by Gasteiger charge is 2.28. The molecular formula is C22H23NO5S. The maximum atomic E-state index is 13.2. The molecule has 1 fully saturated rings. The van der Waals surface area contributed by atoms with Crippen molar-refractivity contribution in [2.24, 2.45) is 0 Å². The van der Waals surface area contributed by atoms with Crippen LogP contribution in [0.2, 0.25) is 0 Å². The number of thiophene rings is 1. The number of rotatable bonds is 6. The van der Waals surface area contributed by atoms with Crippen LogP contribution in [-0.4, -0.2) is 37.0 Å². The Labute approximate surface area is 173 Å². The minimum atomic E-state index is -0.577. The van der Waals surface area contributed by atoms with Crippen molar-refractivity contribution in [2.45, 2.75) is 44.6 Å². The lowest BCUT2D eigenvalue weighted by Crippen LogP contribution is -2.27. The molecule has 1 saturated heterocycles. The van der Waals surface area contributed by atoms with Crippen LogP contribution in [0.1, 0.15) is 52.0 Å². The Morgan fingerprint density at radius 2 is 1.90 bits per heavy atom. The van der Waals surface area contributed by atoms with Crippen molar-refractivity contribution in [1.82, 2.24) is 0 Å². The van der Waals surface area contributed by atoms with E-state index in [1.807, 2.05) is 18.2 Å². The van der Waals surface area contributed by atoms with E-state index >= 15 is 0 Å². The molecule has 0 saturated carbocycles. The lowest BCUT2D eigenvalue weighted by molar-refractivity contribution is -0.156. The average molecular weight is 413 g/mol. The molecular weight excluding hydrogens is 390 g/mol. The van der Waals surface area contributed by atoms with Gasteiger partial charge >= 0.3 is 5.97 Å². The molecule has 1 atom stereocenters. The van der Waals surface area contributed by atoms with Gasteiger partial charge in [0.15, 0.2) is 18.5 Å². The van der Waals surface area contributed by atoms with E-state index in [1.165, 1.54) is 11.3 Å². The number of esters is 1. The molecule has 0 spiro atoms. The monoisotopic (exact) mass is 413 g/mol. The highest BCUT2D eigenvalue weighted by molar-refractivity contribution is 7.17. The fraction of sp³-hybridized carbons (Fsp3) is 0.409. The second kappa shape index (κ2) is 8.88. The summed E-state index contributed by atoms with van der Waals surface area (Å²) in [5.41, 5.74) is 2.22. The maximum absolute atomic E-state index is 13.2. The van der Waals surface area contributed by atoms with E-state index in [4.69, 9.17) is 9.47 Å². The topological polar surface area (TPSA) is 81.7 Å². The Morgan fingerprint density at radius 1 is 1.10 bits per heavy atom. The van der Waals surface area contributed by atoms with Gasteiger partial charge in [-0.2, -0.15) is 0 Å². The zero-order chi connectivity index (χ0) is 20.2. The number of carbonyl (C=O) groups excluding carboxylic acids is 3. The van der Waals surface area contributed by atoms with E-state index in [1.54, 1.807) is 12.1 Å². The molecule has 1 aromatic carbocycles. The van der Waals surface area contributed by atoms with Crippen molar-refractivity contribution in [2.75, 3.05) is 18.5 Å². The summed E-state index contributed by atoms with van der Waals surface area (Å²) < 4.78 is 10.4. The number of nitrogens with one attached hydrogen (secondary N) is 1. The van der Waals surface area contributed by atoms with E-state index in [0.717, 1.165) is 42.5 Å². The number of hydrogen-bond donors (Lipinski definition) is 1. The molecule has 4 rings (SSSR count). The Balaban J connectivity index is 1.50. The molecule has 2 aromatic rings. The van der Waals surface area contributed by atoms with E-state index < -0.39 is 18.0 Å². The first-order valence-corrected chi connectivity index (χ1v) is 10.8. The maximum Gasteiger partial charge on any atom is 0.335 e. The van der Waals surface area contributed by atoms with Crippen LogP contribution >= 0.6 is 11.3 Å².